The first-order chi connectivity index (χ1) is 14.0. The summed E-state index contributed by atoms with van der Waals surface area (Å²) in [5, 5.41) is 1.11. The number of benzene rings is 1. The zero-order valence-corrected chi connectivity index (χ0v) is 18.0. The van der Waals surface area contributed by atoms with E-state index in [1.165, 1.54) is 42.0 Å². The molecule has 1 aromatic carbocycles. The van der Waals surface area contributed by atoms with Crippen LogP contribution in [0.3, 0.4) is 0 Å². The largest absolute Gasteiger partial charge is 0.332 e. The van der Waals surface area contributed by atoms with Gasteiger partial charge in [0.25, 0.3) is 5.56 Å². The van der Waals surface area contributed by atoms with Gasteiger partial charge in [-0.3, -0.25) is 13.9 Å². The summed E-state index contributed by atoms with van der Waals surface area (Å²) in [7, 11) is 3.18. The average Bonchev–Trinajstić information content (AvgIpc) is 2.75. The fourth-order valence-electron chi connectivity index (χ4n) is 3.93. The minimum absolute atomic E-state index is 0.297. The van der Waals surface area contributed by atoms with Crippen molar-refractivity contribution in [3.8, 4) is 0 Å². The summed E-state index contributed by atoms with van der Waals surface area (Å²) in [5.41, 5.74) is 2.15. The SMILES string of the molecule is Cc1ccc(CSc2nc(C3CCCCC3)nc3c2c(=O)n(C)c(=O)n3C)cc1. The number of hydrogen-bond acceptors (Lipinski definition) is 5. The Morgan fingerprint density at radius 2 is 1.69 bits per heavy atom. The number of aryl methyl sites for hydroxylation is 2. The third kappa shape index (κ3) is 3.88. The van der Waals surface area contributed by atoms with E-state index in [1.807, 2.05) is 0 Å². The van der Waals surface area contributed by atoms with E-state index in [0.29, 0.717) is 27.7 Å². The Balaban J connectivity index is 1.83. The molecule has 1 fully saturated rings. The van der Waals surface area contributed by atoms with Crippen molar-refractivity contribution in [2.75, 3.05) is 0 Å². The summed E-state index contributed by atoms with van der Waals surface area (Å²) in [4.78, 5) is 35.0. The van der Waals surface area contributed by atoms with Crippen LogP contribution in [0.5, 0.6) is 0 Å². The number of fused-ring (bicyclic) bond motifs is 1. The first-order valence-electron chi connectivity index (χ1n) is 10.1. The van der Waals surface area contributed by atoms with Crippen molar-refractivity contribution in [1.82, 2.24) is 19.1 Å². The van der Waals surface area contributed by atoms with Gasteiger partial charge < -0.3 is 0 Å². The van der Waals surface area contributed by atoms with Crippen LogP contribution >= 0.6 is 11.8 Å². The standard InChI is InChI=1S/C22H26N4O2S/c1-14-9-11-15(12-10-14)13-29-20-17-19(25(2)22(28)26(3)21(17)27)23-18(24-20)16-7-5-4-6-8-16/h9-12,16H,4-8,13H2,1-3H3. The second kappa shape index (κ2) is 8.14. The van der Waals surface area contributed by atoms with Crippen LogP contribution in [-0.2, 0) is 19.8 Å². The normalized spacial score (nSPS) is 15.1. The van der Waals surface area contributed by atoms with Gasteiger partial charge in [0.1, 0.15) is 16.2 Å². The van der Waals surface area contributed by atoms with Crippen LogP contribution in [0.1, 0.15) is 55.0 Å². The number of aromatic nitrogens is 4. The molecular weight excluding hydrogens is 384 g/mol. The van der Waals surface area contributed by atoms with Gasteiger partial charge in [0.05, 0.1) is 0 Å². The number of hydrogen-bond donors (Lipinski definition) is 0. The lowest BCUT2D eigenvalue weighted by Crippen LogP contribution is -2.38. The molecule has 0 N–H and O–H groups in total. The molecule has 0 aliphatic heterocycles. The molecule has 0 spiro atoms. The summed E-state index contributed by atoms with van der Waals surface area (Å²) in [6.07, 6.45) is 5.72. The molecule has 0 bridgehead atoms. The Labute approximate surface area is 174 Å². The topological polar surface area (TPSA) is 69.8 Å². The maximum atomic E-state index is 12.9. The third-order valence-corrected chi connectivity index (χ3v) is 6.80. The van der Waals surface area contributed by atoms with Crippen LogP contribution < -0.4 is 11.2 Å². The van der Waals surface area contributed by atoms with Crippen LogP contribution in [-0.4, -0.2) is 19.1 Å². The van der Waals surface area contributed by atoms with Crippen molar-refractivity contribution < 1.29 is 0 Å². The van der Waals surface area contributed by atoms with Gasteiger partial charge in [-0.05, 0) is 25.3 Å². The van der Waals surface area contributed by atoms with Crippen molar-refractivity contribution in [1.29, 1.82) is 0 Å². The van der Waals surface area contributed by atoms with E-state index in [-0.39, 0.29) is 11.2 Å². The summed E-state index contributed by atoms with van der Waals surface area (Å²) in [5.74, 6) is 1.78. The minimum Gasteiger partial charge on any atom is -0.280 e. The molecule has 2 heterocycles. The molecule has 7 heteroatoms. The van der Waals surface area contributed by atoms with E-state index in [1.54, 1.807) is 18.8 Å². The predicted octanol–water partition coefficient (Wildman–Crippen LogP) is 3.68. The maximum Gasteiger partial charge on any atom is 0.332 e. The lowest BCUT2D eigenvalue weighted by molar-refractivity contribution is 0.427. The Morgan fingerprint density at radius 3 is 2.38 bits per heavy atom. The van der Waals surface area contributed by atoms with Gasteiger partial charge in [-0.15, -0.1) is 11.8 Å². The summed E-state index contributed by atoms with van der Waals surface area (Å²) < 4.78 is 2.61. The minimum atomic E-state index is -0.356. The second-order valence-corrected chi connectivity index (χ2v) is 8.86. The molecule has 152 valence electrons. The van der Waals surface area contributed by atoms with Crippen LogP contribution in [0.4, 0.5) is 0 Å². The molecule has 6 nitrogen and oxygen atoms in total. The van der Waals surface area contributed by atoms with Gasteiger partial charge in [0, 0.05) is 25.8 Å². The molecule has 0 radical (unpaired) electrons. The molecular formula is C22H26N4O2S. The highest BCUT2D eigenvalue weighted by Gasteiger charge is 2.23. The first-order valence-corrected chi connectivity index (χ1v) is 11.1. The fourth-order valence-corrected chi connectivity index (χ4v) is 4.91. The van der Waals surface area contributed by atoms with E-state index in [9.17, 15) is 9.59 Å². The van der Waals surface area contributed by atoms with E-state index in [0.717, 1.165) is 23.2 Å². The van der Waals surface area contributed by atoms with E-state index < -0.39 is 0 Å². The van der Waals surface area contributed by atoms with Gasteiger partial charge in [-0.1, -0.05) is 49.1 Å². The van der Waals surface area contributed by atoms with E-state index >= 15 is 0 Å². The van der Waals surface area contributed by atoms with Crippen LogP contribution in [0.25, 0.3) is 11.0 Å². The van der Waals surface area contributed by atoms with E-state index in [4.69, 9.17) is 9.97 Å². The molecule has 1 saturated carbocycles. The van der Waals surface area contributed by atoms with Gasteiger partial charge in [0.2, 0.25) is 0 Å². The lowest BCUT2D eigenvalue weighted by Gasteiger charge is -2.21. The van der Waals surface area contributed by atoms with Crippen LogP contribution in [0.15, 0.2) is 38.9 Å². The van der Waals surface area contributed by atoms with Crippen molar-refractivity contribution in [3.05, 3.63) is 62.1 Å². The predicted molar refractivity (Wildman–Crippen MR) is 117 cm³/mol. The van der Waals surface area contributed by atoms with Gasteiger partial charge in [-0.25, -0.2) is 14.8 Å². The maximum absolute atomic E-state index is 12.9. The van der Waals surface area contributed by atoms with Crippen molar-refractivity contribution in [2.45, 2.75) is 55.7 Å². The molecule has 1 aliphatic rings. The molecule has 0 amide bonds. The molecule has 29 heavy (non-hydrogen) atoms. The zero-order chi connectivity index (χ0) is 20.5. The molecule has 0 saturated heterocycles. The number of nitrogens with zero attached hydrogens (tertiary/aromatic N) is 4. The molecule has 1 aliphatic carbocycles. The highest BCUT2D eigenvalue weighted by atomic mass is 32.2. The summed E-state index contributed by atoms with van der Waals surface area (Å²) >= 11 is 1.54. The Bertz CT molecular complexity index is 1160. The molecule has 3 aromatic rings. The highest BCUT2D eigenvalue weighted by molar-refractivity contribution is 7.98. The number of rotatable bonds is 4. The Kier molecular flexibility index (Phi) is 5.58. The zero-order valence-electron chi connectivity index (χ0n) is 17.1. The highest BCUT2D eigenvalue weighted by Crippen LogP contribution is 2.33. The monoisotopic (exact) mass is 410 g/mol. The van der Waals surface area contributed by atoms with Crippen molar-refractivity contribution in [2.24, 2.45) is 14.1 Å². The quantitative estimate of drug-likeness (QED) is 0.485. The second-order valence-electron chi connectivity index (χ2n) is 7.90. The Morgan fingerprint density at radius 1 is 1.00 bits per heavy atom. The molecule has 4 rings (SSSR count). The first kappa shape index (κ1) is 19.9. The van der Waals surface area contributed by atoms with Crippen molar-refractivity contribution in [3.63, 3.8) is 0 Å². The van der Waals surface area contributed by atoms with Crippen LogP contribution in [0.2, 0.25) is 0 Å². The van der Waals surface area contributed by atoms with Gasteiger partial charge in [-0.2, -0.15) is 0 Å². The summed E-state index contributed by atoms with van der Waals surface area (Å²) in [6, 6.07) is 8.37. The molecule has 0 atom stereocenters. The Hall–Kier alpha value is -2.41. The lowest BCUT2D eigenvalue weighted by atomic mass is 9.89. The van der Waals surface area contributed by atoms with Gasteiger partial charge in [0.15, 0.2) is 5.65 Å². The van der Waals surface area contributed by atoms with Crippen molar-refractivity contribution >= 4 is 22.8 Å². The smallest absolute Gasteiger partial charge is 0.280 e. The van der Waals surface area contributed by atoms with Crippen LogP contribution in [0, 0.1) is 6.92 Å². The fraction of sp³-hybridized carbons (Fsp3) is 0.455. The molecule has 0 unspecified atom stereocenters. The molecule has 2 aromatic heterocycles. The average molecular weight is 411 g/mol. The summed E-state index contributed by atoms with van der Waals surface area (Å²) in [6.45, 7) is 2.06. The third-order valence-electron chi connectivity index (χ3n) is 5.75. The number of thioether (sulfide) groups is 1. The van der Waals surface area contributed by atoms with E-state index in [2.05, 4.69) is 31.2 Å². The van der Waals surface area contributed by atoms with Gasteiger partial charge >= 0.3 is 5.69 Å².